The van der Waals surface area contributed by atoms with Crippen LogP contribution in [0.2, 0.25) is 0 Å². The molecule has 4 aliphatic rings. The van der Waals surface area contributed by atoms with Gasteiger partial charge in [0, 0.05) is 43.7 Å². The van der Waals surface area contributed by atoms with Crippen LogP contribution in [0.5, 0.6) is 0 Å². The minimum Gasteiger partial charge on any atom is -1.00 e. The maximum absolute atomic E-state index is 14.1. The van der Waals surface area contributed by atoms with Crippen LogP contribution in [0, 0.1) is 11.8 Å². The number of ether oxygens (including phenoxy) is 1. The van der Waals surface area contributed by atoms with E-state index >= 15 is 0 Å². The fraction of sp³-hybridized carbons (Fsp3) is 0.538. The molecule has 1 aromatic carbocycles. The first-order chi connectivity index (χ1) is 17.2. The van der Waals surface area contributed by atoms with E-state index in [-0.39, 0.29) is 53.8 Å². The lowest BCUT2D eigenvalue weighted by Crippen LogP contribution is -3.00. The molecule has 0 radical (unpaired) electrons. The topological polar surface area (TPSA) is 101 Å². The summed E-state index contributed by atoms with van der Waals surface area (Å²) in [5.74, 6) is -4.39. The van der Waals surface area contributed by atoms with Crippen molar-refractivity contribution in [2.45, 2.75) is 49.7 Å². The van der Waals surface area contributed by atoms with E-state index in [1.165, 1.54) is 6.33 Å². The number of benzene rings is 1. The minimum absolute atomic E-state index is 0. The van der Waals surface area contributed by atoms with E-state index in [0.717, 1.165) is 25.9 Å². The number of carbonyl (C=O) groups excluding carboxylic acids is 2. The molecule has 3 aliphatic heterocycles. The van der Waals surface area contributed by atoms with E-state index in [0.29, 0.717) is 16.8 Å². The molecule has 8 nitrogen and oxygen atoms in total. The van der Waals surface area contributed by atoms with Crippen molar-refractivity contribution >= 4 is 17.7 Å². The number of anilines is 1. The normalized spacial score (nSPS) is 29.5. The first kappa shape index (κ1) is 27.5. The molecule has 2 N–H and O–H groups in total. The number of esters is 1. The van der Waals surface area contributed by atoms with Crippen LogP contribution in [0.4, 0.5) is 14.6 Å². The molecule has 1 aromatic heterocycles. The second-order valence-electron chi connectivity index (χ2n) is 10.5. The number of nitrogens with one attached hydrogen (secondary N) is 1. The Morgan fingerprint density at radius 1 is 1.16 bits per heavy atom. The number of carbonyl (C=O) groups is 2. The number of aromatic nitrogens is 2. The van der Waals surface area contributed by atoms with Crippen LogP contribution in [0.25, 0.3) is 0 Å². The van der Waals surface area contributed by atoms with Crippen molar-refractivity contribution in [2.24, 2.45) is 11.8 Å². The molecule has 2 unspecified atom stereocenters. The van der Waals surface area contributed by atoms with Crippen LogP contribution in [0.15, 0.2) is 48.9 Å². The third kappa shape index (κ3) is 5.68. The number of quaternary nitrogens is 1. The van der Waals surface area contributed by atoms with Gasteiger partial charge >= 0.3 is 5.97 Å². The lowest BCUT2D eigenvalue weighted by Gasteiger charge is -2.51. The molecule has 0 spiro atoms. The Labute approximate surface area is 224 Å². The fourth-order valence-electron chi connectivity index (χ4n) is 6.17. The SMILES string of the molecule is O=C(C[N+]12CCC(CC1)C(OC(=O)[C@](O)(c1ccccc1)C1CCC(F)(F)C1)C2)Nc1ccncn1.[Br-]. The standard InChI is InChI=1S/C26H30F2N4O4.BrH/c27-25(28)10-6-20(14-25)26(35,19-4-2-1-3-5-19)24(34)36-21-15-32(12-8-18(21)9-13-32)16-23(33)31-22-7-11-29-17-30-22;/h1-5,7,11,17-18,20-21,35H,6,8-10,12-16H2;1H/t18?,20?,21?,26-,32?;/m0./s1. The number of fused-ring (bicyclic) bond motifs is 3. The Bertz CT molecular complexity index is 1100. The molecule has 1 amide bonds. The number of piperidine rings is 3. The quantitative estimate of drug-likeness (QED) is 0.350. The van der Waals surface area contributed by atoms with Gasteiger partial charge in [-0.05, 0) is 18.1 Å². The molecule has 200 valence electrons. The molecule has 2 aromatic rings. The molecule has 11 heteroatoms. The third-order valence-corrected chi connectivity index (χ3v) is 8.15. The summed E-state index contributed by atoms with van der Waals surface area (Å²) in [5, 5.41) is 14.5. The lowest BCUT2D eigenvalue weighted by atomic mass is 9.79. The van der Waals surface area contributed by atoms with Crippen LogP contribution < -0.4 is 22.3 Å². The first-order valence-electron chi connectivity index (χ1n) is 12.5. The van der Waals surface area contributed by atoms with Gasteiger partial charge < -0.3 is 36.6 Å². The second-order valence-corrected chi connectivity index (χ2v) is 10.5. The van der Waals surface area contributed by atoms with Crippen LogP contribution in [0.1, 0.15) is 37.7 Å². The van der Waals surface area contributed by atoms with E-state index < -0.39 is 35.9 Å². The Hall–Kier alpha value is -2.50. The molecule has 3 saturated heterocycles. The van der Waals surface area contributed by atoms with Gasteiger partial charge in [0.2, 0.25) is 5.92 Å². The van der Waals surface area contributed by atoms with E-state index in [9.17, 15) is 23.5 Å². The van der Waals surface area contributed by atoms with Crippen LogP contribution in [0.3, 0.4) is 0 Å². The predicted octanol–water partition coefficient (Wildman–Crippen LogP) is -0.105. The number of halogens is 3. The Morgan fingerprint density at radius 2 is 1.89 bits per heavy atom. The minimum atomic E-state index is -2.92. The zero-order chi connectivity index (χ0) is 25.4. The van der Waals surface area contributed by atoms with Crippen molar-refractivity contribution in [2.75, 3.05) is 31.5 Å². The summed E-state index contributed by atoms with van der Waals surface area (Å²) >= 11 is 0. The third-order valence-electron chi connectivity index (χ3n) is 8.15. The monoisotopic (exact) mass is 580 g/mol. The zero-order valence-corrected chi connectivity index (χ0v) is 21.9. The highest BCUT2D eigenvalue weighted by molar-refractivity contribution is 5.90. The van der Waals surface area contributed by atoms with Crippen molar-refractivity contribution in [1.29, 1.82) is 0 Å². The summed E-state index contributed by atoms with van der Waals surface area (Å²) in [4.78, 5) is 34.2. The van der Waals surface area contributed by atoms with E-state index in [1.807, 2.05) is 0 Å². The zero-order valence-electron chi connectivity index (χ0n) is 20.4. The average Bonchev–Trinajstić information content (AvgIpc) is 3.25. The van der Waals surface area contributed by atoms with Crippen LogP contribution in [-0.2, 0) is 19.9 Å². The maximum Gasteiger partial charge on any atom is 0.343 e. The Balaban J connectivity index is 0.00000320. The Morgan fingerprint density at radius 3 is 2.51 bits per heavy atom. The number of hydrogen-bond acceptors (Lipinski definition) is 6. The van der Waals surface area contributed by atoms with Gasteiger partial charge in [-0.2, -0.15) is 0 Å². The van der Waals surface area contributed by atoms with Crippen molar-refractivity contribution < 1.29 is 49.7 Å². The summed E-state index contributed by atoms with van der Waals surface area (Å²) in [6.07, 6.45) is 3.07. The molecule has 1 aliphatic carbocycles. The average molecular weight is 581 g/mol. The van der Waals surface area contributed by atoms with Crippen molar-refractivity contribution in [3.63, 3.8) is 0 Å². The highest BCUT2D eigenvalue weighted by Gasteiger charge is 2.56. The van der Waals surface area contributed by atoms with Gasteiger partial charge in [0.05, 0.1) is 13.1 Å². The summed E-state index contributed by atoms with van der Waals surface area (Å²) < 4.78 is 34.6. The largest absolute Gasteiger partial charge is 1.00 e. The van der Waals surface area contributed by atoms with Gasteiger partial charge in [0.25, 0.3) is 5.91 Å². The highest BCUT2D eigenvalue weighted by Crippen LogP contribution is 2.48. The molecule has 6 rings (SSSR count). The predicted molar refractivity (Wildman–Crippen MR) is 126 cm³/mol. The summed E-state index contributed by atoms with van der Waals surface area (Å²) in [6.45, 7) is 2.23. The van der Waals surface area contributed by atoms with E-state index in [2.05, 4.69) is 15.3 Å². The molecular formula is C26H31BrF2N4O4. The highest BCUT2D eigenvalue weighted by atomic mass is 79.9. The van der Waals surface area contributed by atoms with Crippen molar-refractivity contribution in [3.8, 4) is 0 Å². The van der Waals surface area contributed by atoms with Gasteiger partial charge in [-0.15, -0.1) is 0 Å². The molecule has 1 saturated carbocycles. The molecule has 3 atom stereocenters. The van der Waals surface area contributed by atoms with Gasteiger partial charge in [-0.3, -0.25) is 4.79 Å². The number of nitrogens with zero attached hydrogens (tertiary/aromatic N) is 3. The van der Waals surface area contributed by atoms with Gasteiger partial charge in [-0.1, -0.05) is 30.3 Å². The smallest absolute Gasteiger partial charge is 0.343 e. The number of aliphatic hydroxyl groups is 1. The maximum atomic E-state index is 14.1. The summed E-state index contributed by atoms with van der Waals surface area (Å²) in [7, 11) is 0. The summed E-state index contributed by atoms with van der Waals surface area (Å²) in [5.41, 5.74) is -1.88. The van der Waals surface area contributed by atoms with Crippen LogP contribution >= 0.6 is 0 Å². The number of rotatable bonds is 7. The first-order valence-corrected chi connectivity index (χ1v) is 12.5. The molecule has 37 heavy (non-hydrogen) atoms. The number of hydrogen-bond donors (Lipinski definition) is 2. The molecule has 2 bridgehead atoms. The molecule has 4 fully saturated rings. The number of amides is 1. The lowest BCUT2D eigenvalue weighted by molar-refractivity contribution is -0.939. The Kier molecular flexibility index (Phi) is 7.96. The van der Waals surface area contributed by atoms with E-state index in [4.69, 9.17) is 4.74 Å². The van der Waals surface area contributed by atoms with Gasteiger partial charge in [0.15, 0.2) is 18.2 Å². The van der Waals surface area contributed by atoms with Gasteiger partial charge in [-0.25, -0.2) is 23.5 Å². The van der Waals surface area contributed by atoms with Crippen LogP contribution in [-0.4, -0.2) is 69.6 Å². The van der Waals surface area contributed by atoms with Crippen molar-refractivity contribution in [1.82, 2.24) is 9.97 Å². The molecular weight excluding hydrogens is 550 g/mol. The second kappa shape index (κ2) is 10.7. The van der Waals surface area contributed by atoms with E-state index in [1.54, 1.807) is 42.6 Å². The number of alkyl halides is 2. The summed E-state index contributed by atoms with van der Waals surface area (Å²) in [6, 6.07) is 9.87. The molecule has 4 heterocycles. The van der Waals surface area contributed by atoms with Gasteiger partial charge in [0.1, 0.15) is 18.7 Å². The fourth-order valence-corrected chi connectivity index (χ4v) is 6.17. The van der Waals surface area contributed by atoms with Crippen molar-refractivity contribution in [3.05, 3.63) is 54.5 Å².